The second-order valence-electron chi connectivity index (χ2n) is 9.19. The maximum atomic E-state index is 13.6. The van der Waals surface area contributed by atoms with E-state index in [2.05, 4.69) is 4.98 Å². The van der Waals surface area contributed by atoms with Gasteiger partial charge in [-0.25, -0.2) is 0 Å². The number of aromatic amines is 1. The Kier molecular flexibility index (Phi) is 8.41. The Bertz CT molecular complexity index is 1130. The normalized spacial score (nSPS) is 12.6. The van der Waals surface area contributed by atoms with Crippen LogP contribution < -0.4 is 10.9 Å². The summed E-state index contributed by atoms with van der Waals surface area (Å²) in [5, 5.41) is 0.417. The molecule has 0 bridgehead atoms. The summed E-state index contributed by atoms with van der Waals surface area (Å²) >= 11 is 12.0. The molecule has 9 nitrogen and oxygen atoms in total. The largest absolute Gasteiger partial charge is 0.438 e. The Morgan fingerprint density at radius 2 is 1.33 bits per heavy atom. The van der Waals surface area contributed by atoms with E-state index < -0.39 is 54.8 Å². The molecule has 0 radical (unpaired) electrons. The van der Waals surface area contributed by atoms with E-state index in [-0.39, 0.29) is 10.0 Å². The second kappa shape index (κ2) is 10.2. The summed E-state index contributed by atoms with van der Waals surface area (Å²) in [5.74, 6) is -1.25. The molecule has 2 rings (SSSR count). The molecule has 2 aromatic rings. The van der Waals surface area contributed by atoms with Gasteiger partial charge in [0, 0.05) is 10.9 Å². The number of aromatic nitrogens is 1. The van der Waals surface area contributed by atoms with E-state index in [1.165, 1.54) is 18.2 Å². The Hall–Kier alpha value is -1.90. The zero-order valence-corrected chi connectivity index (χ0v) is 21.5. The van der Waals surface area contributed by atoms with E-state index in [9.17, 15) is 18.9 Å². The molecule has 0 amide bonds. The molecule has 0 fully saturated rings. The van der Waals surface area contributed by atoms with Crippen molar-refractivity contribution in [3.8, 4) is 0 Å². The van der Waals surface area contributed by atoms with Crippen molar-refractivity contribution in [1.82, 2.24) is 4.98 Å². The number of ether oxygens (including phenoxy) is 2. The molecule has 1 aromatic carbocycles. The molecule has 0 saturated heterocycles. The first-order valence-electron chi connectivity index (χ1n) is 9.81. The highest BCUT2D eigenvalue weighted by Gasteiger charge is 2.34. The van der Waals surface area contributed by atoms with Gasteiger partial charge < -0.3 is 14.5 Å². The number of halogens is 2. The first-order valence-corrected chi connectivity index (χ1v) is 12.1. The summed E-state index contributed by atoms with van der Waals surface area (Å²) in [4.78, 5) is 39.3. The topological polar surface area (TPSA) is 121 Å². The SMILES string of the molecule is CC(C)(C)C(=O)OCOP(=O)(OCOC(=O)C(C)(C)C)c1cc2cc(Cl)c(Cl)cc2[nH]c1=O. The third-order valence-corrected chi connectivity index (χ3v) is 6.75. The number of hydrogen-bond acceptors (Lipinski definition) is 8. The minimum absolute atomic E-state index is 0.206. The molecule has 1 aromatic heterocycles. The van der Waals surface area contributed by atoms with Gasteiger partial charge in [0.25, 0.3) is 5.56 Å². The fourth-order valence-electron chi connectivity index (χ4n) is 2.30. The summed E-state index contributed by atoms with van der Waals surface area (Å²) in [6.07, 6.45) is 0. The third-order valence-electron chi connectivity index (χ3n) is 4.21. The van der Waals surface area contributed by atoms with Gasteiger partial charge in [-0.15, -0.1) is 0 Å². The average molecular weight is 522 g/mol. The summed E-state index contributed by atoms with van der Waals surface area (Å²) in [6, 6.07) is 4.16. The molecule has 0 spiro atoms. The molecule has 12 heteroatoms. The predicted octanol–water partition coefficient (Wildman–Crippen LogP) is 4.78. The lowest BCUT2D eigenvalue weighted by molar-refractivity contribution is -0.161. The number of benzene rings is 1. The van der Waals surface area contributed by atoms with Crippen LogP contribution in [0.1, 0.15) is 41.5 Å². The molecule has 1 heterocycles. The lowest BCUT2D eigenvalue weighted by Crippen LogP contribution is -2.31. The van der Waals surface area contributed by atoms with Crippen molar-refractivity contribution >= 4 is 58.9 Å². The summed E-state index contributed by atoms with van der Waals surface area (Å²) in [6.45, 7) is 8.22. The monoisotopic (exact) mass is 521 g/mol. The van der Waals surface area contributed by atoms with E-state index in [1.54, 1.807) is 41.5 Å². The van der Waals surface area contributed by atoms with Crippen LogP contribution in [0.15, 0.2) is 23.0 Å². The molecule has 1 N–H and O–H groups in total. The van der Waals surface area contributed by atoms with E-state index in [0.717, 1.165) is 0 Å². The van der Waals surface area contributed by atoms with Gasteiger partial charge in [-0.2, -0.15) is 0 Å². The fraction of sp³-hybridized carbons (Fsp3) is 0.476. The molecular weight excluding hydrogens is 496 g/mol. The minimum atomic E-state index is -4.43. The lowest BCUT2D eigenvalue weighted by Gasteiger charge is -2.22. The fourth-order valence-corrected chi connectivity index (χ4v) is 3.97. The third kappa shape index (κ3) is 7.04. The highest BCUT2D eigenvalue weighted by molar-refractivity contribution is 7.62. The molecule has 182 valence electrons. The zero-order valence-electron chi connectivity index (χ0n) is 19.1. The van der Waals surface area contributed by atoms with Crippen LogP contribution in [-0.2, 0) is 32.7 Å². The first kappa shape index (κ1) is 27.3. The maximum Gasteiger partial charge on any atom is 0.372 e. The van der Waals surface area contributed by atoms with Crippen LogP contribution in [0.4, 0.5) is 0 Å². The first-order chi connectivity index (χ1) is 15.0. The van der Waals surface area contributed by atoms with Crippen molar-refractivity contribution in [2.24, 2.45) is 10.8 Å². The van der Waals surface area contributed by atoms with Crippen LogP contribution >= 0.6 is 30.8 Å². The molecular formula is C21H26Cl2NO8P. The van der Waals surface area contributed by atoms with Crippen molar-refractivity contribution < 1.29 is 32.7 Å². The zero-order chi connectivity index (χ0) is 25.2. The van der Waals surface area contributed by atoms with Gasteiger partial charge in [0.2, 0.25) is 13.6 Å². The summed E-state index contributed by atoms with van der Waals surface area (Å²) < 4.78 is 34.1. The standard InChI is InChI=1S/C21H26Cl2NO8P/c1-20(2,3)18(26)29-10-31-33(28,32-11-30-19(27)21(4,5)6)16-8-12-7-13(22)14(23)9-15(12)24-17(16)25/h7-9H,10-11H2,1-6H3,(H,24,25). The van der Waals surface area contributed by atoms with Crippen molar-refractivity contribution in [3.05, 3.63) is 38.6 Å². The van der Waals surface area contributed by atoms with E-state index in [1.807, 2.05) is 0 Å². The highest BCUT2D eigenvalue weighted by Crippen LogP contribution is 2.46. The maximum absolute atomic E-state index is 13.6. The van der Waals surface area contributed by atoms with Crippen LogP contribution in [0.2, 0.25) is 10.0 Å². The number of hydrogen-bond donors (Lipinski definition) is 1. The molecule has 0 aliphatic heterocycles. The van der Waals surface area contributed by atoms with Crippen LogP contribution in [0.3, 0.4) is 0 Å². The Morgan fingerprint density at radius 1 is 0.879 bits per heavy atom. The summed E-state index contributed by atoms with van der Waals surface area (Å²) in [7, 11) is -4.43. The quantitative estimate of drug-likeness (QED) is 0.313. The van der Waals surface area contributed by atoms with Gasteiger partial charge >= 0.3 is 19.5 Å². The van der Waals surface area contributed by atoms with Crippen molar-refractivity contribution in [2.45, 2.75) is 41.5 Å². The lowest BCUT2D eigenvalue weighted by atomic mass is 9.98. The number of rotatable bonds is 7. The van der Waals surface area contributed by atoms with Gasteiger partial charge in [-0.05, 0) is 59.7 Å². The molecule has 0 saturated carbocycles. The Morgan fingerprint density at radius 3 is 1.79 bits per heavy atom. The number of fused-ring (bicyclic) bond motifs is 1. The highest BCUT2D eigenvalue weighted by atomic mass is 35.5. The molecule has 0 aliphatic carbocycles. The molecule has 33 heavy (non-hydrogen) atoms. The van der Waals surface area contributed by atoms with Crippen LogP contribution in [0.5, 0.6) is 0 Å². The van der Waals surface area contributed by atoms with Gasteiger partial charge in [0.1, 0.15) is 5.30 Å². The average Bonchev–Trinajstić information content (AvgIpc) is 2.67. The van der Waals surface area contributed by atoms with Crippen molar-refractivity contribution in [1.29, 1.82) is 0 Å². The number of pyridine rings is 1. The molecule has 0 unspecified atom stereocenters. The van der Waals surface area contributed by atoms with Crippen molar-refractivity contribution in [3.63, 3.8) is 0 Å². The second-order valence-corrected chi connectivity index (χ2v) is 12.0. The minimum Gasteiger partial charge on any atom is -0.438 e. The number of carbonyl (C=O) groups excluding carboxylic acids is 2. The van der Waals surface area contributed by atoms with Crippen LogP contribution in [-0.4, -0.2) is 30.5 Å². The summed E-state index contributed by atoms with van der Waals surface area (Å²) in [5.41, 5.74) is -2.14. The smallest absolute Gasteiger partial charge is 0.372 e. The number of carbonyl (C=O) groups is 2. The van der Waals surface area contributed by atoms with Crippen molar-refractivity contribution in [2.75, 3.05) is 13.6 Å². The van der Waals surface area contributed by atoms with E-state index in [4.69, 9.17) is 41.7 Å². The molecule has 0 atom stereocenters. The van der Waals surface area contributed by atoms with Gasteiger partial charge in [-0.1, -0.05) is 23.2 Å². The predicted molar refractivity (Wildman–Crippen MR) is 125 cm³/mol. The van der Waals surface area contributed by atoms with E-state index in [0.29, 0.717) is 10.9 Å². The van der Waals surface area contributed by atoms with Gasteiger partial charge in [0.15, 0.2) is 0 Å². The van der Waals surface area contributed by atoms with Gasteiger partial charge in [0.05, 0.1) is 20.9 Å². The van der Waals surface area contributed by atoms with Crippen LogP contribution in [0.25, 0.3) is 10.9 Å². The molecule has 0 aliphatic rings. The van der Waals surface area contributed by atoms with Gasteiger partial charge in [-0.3, -0.25) is 28.0 Å². The number of nitrogens with one attached hydrogen (secondary N) is 1. The Balaban J connectivity index is 2.38. The number of H-pyrrole nitrogens is 1. The Labute approximate surface area is 201 Å². The van der Waals surface area contributed by atoms with Crippen LogP contribution in [0, 0.1) is 10.8 Å². The number of esters is 2. The van der Waals surface area contributed by atoms with E-state index >= 15 is 0 Å².